The molecule has 1 aromatic carbocycles. The zero-order valence-electron chi connectivity index (χ0n) is 11.5. The van der Waals surface area contributed by atoms with Crippen LogP contribution in [0.15, 0.2) is 23.1 Å². The van der Waals surface area contributed by atoms with Gasteiger partial charge in [-0.15, -0.1) is 0 Å². The van der Waals surface area contributed by atoms with Gasteiger partial charge in [0.25, 0.3) is 11.1 Å². The van der Waals surface area contributed by atoms with Crippen molar-refractivity contribution in [2.24, 2.45) is 0 Å². The summed E-state index contributed by atoms with van der Waals surface area (Å²) in [5.74, 6) is 0.163. The first-order valence-corrected chi connectivity index (χ1v) is 7.16. The third kappa shape index (κ3) is 2.54. The maximum absolute atomic E-state index is 11.5. The van der Waals surface area contributed by atoms with E-state index in [1.807, 2.05) is 19.9 Å². The van der Waals surface area contributed by atoms with Gasteiger partial charge in [-0.1, -0.05) is 0 Å². The predicted octanol–water partition coefficient (Wildman–Crippen LogP) is 2.90. The van der Waals surface area contributed by atoms with Gasteiger partial charge in [-0.05, 0) is 56.0 Å². The van der Waals surface area contributed by atoms with E-state index in [4.69, 9.17) is 4.74 Å². The number of amides is 2. The van der Waals surface area contributed by atoms with E-state index in [9.17, 15) is 14.7 Å². The molecule has 0 bridgehead atoms. The van der Waals surface area contributed by atoms with Crippen molar-refractivity contribution < 1.29 is 19.4 Å². The molecule has 2 heterocycles. The van der Waals surface area contributed by atoms with Crippen molar-refractivity contribution in [2.75, 3.05) is 0 Å². The number of rotatable bonds is 1. The lowest BCUT2D eigenvalue weighted by Gasteiger charge is -2.28. The zero-order chi connectivity index (χ0) is 15.2. The summed E-state index contributed by atoms with van der Waals surface area (Å²) in [6.45, 7) is 3.84. The maximum atomic E-state index is 11.5. The van der Waals surface area contributed by atoms with Crippen LogP contribution in [0.25, 0.3) is 12.2 Å². The Morgan fingerprint density at radius 3 is 2.76 bits per heavy atom. The number of phenols is 1. The van der Waals surface area contributed by atoms with Gasteiger partial charge in [0.1, 0.15) is 17.1 Å². The van der Waals surface area contributed by atoms with Gasteiger partial charge in [0.2, 0.25) is 0 Å². The minimum absolute atomic E-state index is 0.0273. The lowest BCUT2D eigenvalue weighted by Crippen LogP contribution is -2.27. The summed E-state index contributed by atoms with van der Waals surface area (Å²) >= 11 is 0.816. The van der Waals surface area contributed by atoms with Crippen LogP contribution in [-0.2, 0) is 4.79 Å². The van der Waals surface area contributed by atoms with Gasteiger partial charge in [0.05, 0.1) is 10.5 Å². The maximum Gasteiger partial charge on any atom is 0.290 e. The van der Waals surface area contributed by atoms with Crippen LogP contribution in [0.4, 0.5) is 4.79 Å². The Labute approximate surface area is 125 Å². The molecule has 0 atom stereocenters. The van der Waals surface area contributed by atoms with Crippen LogP contribution < -0.4 is 10.1 Å². The number of carbonyl (C=O) groups is 2. The summed E-state index contributed by atoms with van der Waals surface area (Å²) < 4.78 is 5.76. The average molecular weight is 303 g/mol. The first kappa shape index (κ1) is 13.8. The van der Waals surface area contributed by atoms with Crippen LogP contribution in [0.5, 0.6) is 11.5 Å². The molecule has 0 saturated carbocycles. The number of ether oxygens (including phenoxy) is 1. The van der Waals surface area contributed by atoms with E-state index in [2.05, 4.69) is 5.32 Å². The Balaban J connectivity index is 2.02. The van der Waals surface area contributed by atoms with Crippen molar-refractivity contribution in [3.05, 3.63) is 34.2 Å². The third-order valence-electron chi connectivity index (χ3n) is 3.16. The molecule has 1 aromatic rings. The minimum atomic E-state index is -0.449. The van der Waals surface area contributed by atoms with Crippen molar-refractivity contribution in [3.8, 4) is 11.5 Å². The number of benzene rings is 1. The number of hydrogen-bond donors (Lipinski definition) is 2. The summed E-state index contributed by atoms with van der Waals surface area (Å²) in [7, 11) is 0. The van der Waals surface area contributed by atoms with Crippen molar-refractivity contribution in [1.29, 1.82) is 0 Å². The van der Waals surface area contributed by atoms with Crippen LogP contribution >= 0.6 is 11.8 Å². The van der Waals surface area contributed by atoms with Crippen molar-refractivity contribution in [2.45, 2.75) is 19.4 Å². The first-order valence-electron chi connectivity index (χ1n) is 6.35. The normalized spacial score (nSPS) is 21.1. The first-order chi connectivity index (χ1) is 9.85. The number of carbonyl (C=O) groups excluding carboxylic acids is 2. The quantitative estimate of drug-likeness (QED) is 0.780. The van der Waals surface area contributed by atoms with Crippen LogP contribution in [-0.4, -0.2) is 21.9 Å². The highest BCUT2D eigenvalue weighted by Crippen LogP contribution is 2.39. The number of fused-ring (bicyclic) bond motifs is 1. The molecular formula is C15H13NO4S. The molecular weight excluding hydrogens is 290 g/mol. The molecule has 2 aliphatic rings. The standard InChI is InChI=1S/C15H13NO4S/c1-15(2)6-5-9-10(20-15)4-3-8(12(9)17)7-11-13(18)16-14(19)21-11/h3-7,17H,1-2H3,(H,16,18,19)/b11-7-. The molecule has 1 fully saturated rings. The molecule has 0 spiro atoms. The second kappa shape index (κ2) is 4.66. The predicted molar refractivity (Wildman–Crippen MR) is 81.0 cm³/mol. The number of thioether (sulfide) groups is 1. The number of imide groups is 1. The lowest BCUT2D eigenvalue weighted by molar-refractivity contribution is -0.115. The third-order valence-corrected chi connectivity index (χ3v) is 3.97. The second-order valence-electron chi connectivity index (χ2n) is 5.31. The fourth-order valence-electron chi connectivity index (χ4n) is 2.14. The molecule has 3 rings (SSSR count). The van der Waals surface area contributed by atoms with Crippen molar-refractivity contribution >= 4 is 35.1 Å². The average Bonchev–Trinajstić information content (AvgIpc) is 2.70. The summed E-state index contributed by atoms with van der Waals surface area (Å²) in [4.78, 5) is 22.9. The van der Waals surface area contributed by atoms with E-state index >= 15 is 0 Å². The molecule has 5 nitrogen and oxygen atoms in total. The Kier molecular flexibility index (Phi) is 3.06. The molecule has 2 aliphatic heterocycles. The van der Waals surface area contributed by atoms with E-state index in [-0.39, 0.29) is 10.7 Å². The highest BCUT2D eigenvalue weighted by atomic mass is 32.2. The van der Waals surface area contributed by atoms with Crippen molar-refractivity contribution in [3.63, 3.8) is 0 Å². The Morgan fingerprint density at radius 1 is 1.33 bits per heavy atom. The topological polar surface area (TPSA) is 75.6 Å². The van der Waals surface area contributed by atoms with Gasteiger partial charge in [-0.3, -0.25) is 14.9 Å². The highest BCUT2D eigenvalue weighted by Gasteiger charge is 2.27. The van der Waals surface area contributed by atoms with Crippen LogP contribution in [0.2, 0.25) is 0 Å². The summed E-state index contributed by atoms with van der Waals surface area (Å²) in [6, 6.07) is 3.40. The number of hydrogen-bond acceptors (Lipinski definition) is 5. The molecule has 108 valence electrons. The SMILES string of the molecule is CC1(C)C=Cc2c(ccc(/C=C3\SC(=O)NC3=O)c2O)O1. The fraction of sp³-hybridized carbons (Fsp3) is 0.200. The number of aromatic hydroxyl groups is 1. The number of nitrogens with one attached hydrogen (secondary N) is 1. The van der Waals surface area contributed by atoms with Gasteiger partial charge in [0, 0.05) is 5.56 Å². The summed E-state index contributed by atoms with van der Waals surface area (Å²) in [6.07, 6.45) is 5.14. The molecule has 0 aromatic heterocycles. The van der Waals surface area contributed by atoms with E-state index in [1.165, 1.54) is 6.08 Å². The largest absolute Gasteiger partial charge is 0.507 e. The number of phenolic OH excluding ortho intramolecular Hbond substituents is 1. The van der Waals surface area contributed by atoms with Crippen LogP contribution in [0.3, 0.4) is 0 Å². The molecule has 0 radical (unpaired) electrons. The van der Waals surface area contributed by atoms with Crippen molar-refractivity contribution in [1.82, 2.24) is 5.32 Å². The van der Waals surface area contributed by atoms with E-state index in [0.29, 0.717) is 16.9 Å². The molecule has 6 heteroatoms. The molecule has 1 saturated heterocycles. The highest BCUT2D eigenvalue weighted by molar-refractivity contribution is 8.18. The molecule has 2 amide bonds. The fourth-order valence-corrected chi connectivity index (χ4v) is 2.81. The Morgan fingerprint density at radius 2 is 2.10 bits per heavy atom. The van der Waals surface area contributed by atoms with E-state index < -0.39 is 16.7 Å². The Hall–Kier alpha value is -2.21. The lowest BCUT2D eigenvalue weighted by atomic mass is 9.99. The van der Waals surface area contributed by atoms with Crippen LogP contribution in [0, 0.1) is 0 Å². The monoisotopic (exact) mass is 303 g/mol. The Bertz CT molecular complexity index is 719. The second-order valence-corrected chi connectivity index (χ2v) is 6.32. The molecule has 0 aliphatic carbocycles. The van der Waals surface area contributed by atoms with Gasteiger partial charge < -0.3 is 9.84 Å². The van der Waals surface area contributed by atoms with Crippen LogP contribution in [0.1, 0.15) is 25.0 Å². The van der Waals surface area contributed by atoms with Gasteiger partial charge in [-0.25, -0.2) is 0 Å². The molecule has 0 unspecified atom stereocenters. The molecule has 21 heavy (non-hydrogen) atoms. The van der Waals surface area contributed by atoms with Gasteiger partial charge >= 0.3 is 0 Å². The smallest absolute Gasteiger partial charge is 0.290 e. The summed E-state index contributed by atoms with van der Waals surface area (Å²) in [5.41, 5.74) is 0.611. The van der Waals surface area contributed by atoms with Gasteiger partial charge in [-0.2, -0.15) is 0 Å². The summed E-state index contributed by atoms with van der Waals surface area (Å²) in [5, 5.41) is 12.1. The van der Waals surface area contributed by atoms with E-state index in [0.717, 1.165) is 11.8 Å². The minimum Gasteiger partial charge on any atom is -0.507 e. The zero-order valence-corrected chi connectivity index (χ0v) is 12.3. The molecule has 2 N–H and O–H groups in total. The van der Waals surface area contributed by atoms with Gasteiger partial charge in [0.15, 0.2) is 0 Å². The van der Waals surface area contributed by atoms with E-state index in [1.54, 1.807) is 18.2 Å².